The summed E-state index contributed by atoms with van der Waals surface area (Å²) in [4.78, 5) is 26.7. The van der Waals surface area contributed by atoms with Gasteiger partial charge >= 0.3 is 0 Å². The molecule has 21 heavy (non-hydrogen) atoms. The number of carbonyl (C=O) groups excluding carboxylic acids is 2. The highest BCUT2D eigenvalue weighted by atomic mass is 16.2. The van der Waals surface area contributed by atoms with E-state index in [4.69, 9.17) is 0 Å². The molecule has 2 aliphatic heterocycles. The number of nitriles is 2. The standard InChI is InChI=1S/C15H20N4O2/c1-10(2)5-19-8-14(6-16)11(20)18-12(21)15(7-17,9-19)13(14,3)4/h10H,5,8-9H2,1-4H3,(H,18,20,21). The molecule has 2 rings (SSSR count). The molecule has 2 fully saturated rings. The first-order chi connectivity index (χ1) is 9.66. The van der Waals surface area contributed by atoms with Gasteiger partial charge in [-0.2, -0.15) is 10.5 Å². The molecule has 2 atom stereocenters. The Kier molecular flexibility index (Phi) is 3.35. The molecule has 0 aromatic carbocycles. The van der Waals surface area contributed by atoms with Crippen LogP contribution in [0.2, 0.25) is 0 Å². The van der Waals surface area contributed by atoms with Crippen LogP contribution in [0.4, 0.5) is 0 Å². The molecular formula is C15H20N4O2. The summed E-state index contributed by atoms with van der Waals surface area (Å²) in [5.41, 5.74) is -3.80. The van der Waals surface area contributed by atoms with Crippen molar-refractivity contribution >= 4 is 11.8 Å². The number of fused-ring (bicyclic) bond motifs is 2. The third kappa shape index (κ3) is 1.72. The summed E-state index contributed by atoms with van der Waals surface area (Å²) < 4.78 is 0. The molecule has 0 saturated carbocycles. The fraction of sp³-hybridized carbons (Fsp3) is 0.733. The van der Waals surface area contributed by atoms with Crippen LogP contribution < -0.4 is 5.32 Å². The molecule has 0 spiro atoms. The monoisotopic (exact) mass is 288 g/mol. The van der Waals surface area contributed by atoms with E-state index in [0.29, 0.717) is 12.5 Å². The van der Waals surface area contributed by atoms with Gasteiger partial charge in [-0.15, -0.1) is 0 Å². The van der Waals surface area contributed by atoms with E-state index in [0.717, 1.165) is 0 Å². The molecule has 0 aromatic rings. The number of carbonyl (C=O) groups is 2. The number of amides is 2. The van der Waals surface area contributed by atoms with Gasteiger partial charge in [-0.05, 0) is 5.92 Å². The van der Waals surface area contributed by atoms with Crippen LogP contribution in [0.25, 0.3) is 0 Å². The van der Waals surface area contributed by atoms with E-state index in [1.807, 2.05) is 18.7 Å². The Hall–Kier alpha value is -1.92. The summed E-state index contributed by atoms with van der Waals surface area (Å²) in [7, 11) is 0. The first-order valence-corrected chi connectivity index (χ1v) is 7.07. The molecular weight excluding hydrogens is 268 g/mol. The lowest BCUT2D eigenvalue weighted by Crippen LogP contribution is -2.76. The minimum atomic E-state index is -1.39. The van der Waals surface area contributed by atoms with Crippen LogP contribution in [0, 0.1) is 44.8 Å². The van der Waals surface area contributed by atoms with Gasteiger partial charge in [-0.3, -0.25) is 19.8 Å². The number of imide groups is 1. The minimum Gasteiger partial charge on any atom is -0.299 e. The molecule has 2 unspecified atom stereocenters. The van der Waals surface area contributed by atoms with E-state index in [1.54, 1.807) is 13.8 Å². The zero-order valence-corrected chi connectivity index (χ0v) is 12.9. The smallest absolute Gasteiger partial charge is 0.249 e. The fourth-order valence-corrected chi connectivity index (χ4v) is 3.61. The van der Waals surface area contributed by atoms with Gasteiger partial charge in [0.2, 0.25) is 11.8 Å². The van der Waals surface area contributed by atoms with E-state index in [9.17, 15) is 20.1 Å². The van der Waals surface area contributed by atoms with Crippen molar-refractivity contribution in [2.24, 2.45) is 22.2 Å². The second-order valence-corrected chi connectivity index (χ2v) is 7.01. The van der Waals surface area contributed by atoms with Gasteiger partial charge < -0.3 is 0 Å². The van der Waals surface area contributed by atoms with E-state index in [1.165, 1.54) is 0 Å². The van der Waals surface area contributed by atoms with Crippen LogP contribution in [0.3, 0.4) is 0 Å². The van der Waals surface area contributed by atoms with Gasteiger partial charge in [0.15, 0.2) is 10.8 Å². The topological polar surface area (TPSA) is 97.0 Å². The van der Waals surface area contributed by atoms with Crippen molar-refractivity contribution in [2.75, 3.05) is 19.6 Å². The predicted octanol–water partition coefficient (Wildman–Crippen LogP) is 0.661. The maximum absolute atomic E-state index is 12.4. The quantitative estimate of drug-likeness (QED) is 0.753. The van der Waals surface area contributed by atoms with Crippen molar-refractivity contribution in [1.29, 1.82) is 10.5 Å². The Morgan fingerprint density at radius 1 is 1.14 bits per heavy atom. The van der Waals surface area contributed by atoms with Gasteiger partial charge in [-0.25, -0.2) is 0 Å². The van der Waals surface area contributed by atoms with Crippen LogP contribution in [0.5, 0.6) is 0 Å². The van der Waals surface area contributed by atoms with Crippen LogP contribution in [0.15, 0.2) is 0 Å². The van der Waals surface area contributed by atoms with Crippen molar-refractivity contribution in [2.45, 2.75) is 27.7 Å². The third-order valence-electron chi connectivity index (χ3n) is 5.06. The number of piperidine rings is 2. The Morgan fingerprint density at radius 2 is 1.57 bits per heavy atom. The molecule has 6 heteroatoms. The van der Waals surface area contributed by atoms with Crippen molar-refractivity contribution in [3.63, 3.8) is 0 Å². The van der Waals surface area contributed by atoms with E-state index in [2.05, 4.69) is 17.5 Å². The molecule has 6 nitrogen and oxygen atoms in total. The molecule has 2 amide bonds. The van der Waals surface area contributed by atoms with Crippen LogP contribution in [0.1, 0.15) is 27.7 Å². The zero-order valence-electron chi connectivity index (χ0n) is 12.9. The van der Waals surface area contributed by atoms with Gasteiger partial charge in [0.1, 0.15) is 0 Å². The van der Waals surface area contributed by atoms with Crippen molar-refractivity contribution < 1.29 is 9.59 Å². The summed E-state index contributed by atoms with van der Waals surface area (Å²) in [5.74, 6) is -0.852. The summed E-state index contributed by atoms with van der Waals surface area (Å²) in [5, 5.41) is 21.6. The molecule has 2 aliphatic rings. The molecule has 2 saturated heterocycles. The Labute approximate surface area is 124 Å². The zero-order chi connectivity index (χ0) is 16.1. The summed E-state index contributed by atoms with van der Waals surface area (Å²) >= 11 is 0. The number of nitrogens with one attached hydrogen (secondary N) is 1. The van der Waals surface area contributed by atoms with Crippen LogP contribution >= 0.6 is 0 Å². The first-order valence-electron chi connectivity index (χ1n) is 7.07. The number of hydrogen-bond donors (Lipinski definition) is 1. The Morgan fingerprint density at radius 3 is 1.90 bits per heavy atom. The normalized spacial score (nSPS) is 35.0. The highest BCUT2D eigenvalue weighted by Crippen LogP contribution is 2.57. The molecule has 0 aliphatic carbocycles. The van der Waals surface area contributed by atoms with Gasteiger partial charge in [0, 0.05) is 25.0 Å². The van der Waals surface area contributed by atoms with Crippen molar-refractivity contribution in [1.82, 2.24) is 10.2 Å². The lowest BCUT2D eigenvalue weighted by Gasteiger charge is -2.58. The molecule has 2 heterocycles. The van der Waals surface area contributed by atoms with Crippen molar-refractivity contribution in [3.05, 3.63) is 0 Å². The molecule has 0 radical (unpaired) electrons. The van der Waals surface area contributed by atoms with E-state index >= 15 is 0 Å². The van der Waals surface area contributed by atoms with Gasteiger partial charge in [-0.1, -0.05) is 27.7 Å². The predicted molar refractivity (Wildman–Crippen MR) is 74.3 cm³/mol. The SMILES string of the molecule is CC(C)CN1CC2(C#N)C(=O)NC(=O)C(C#N)(C1)C2(C)C. The van der Waals surface area contributed by atoms with Crippen LogP contribution in [-0.2, 0) is 9.59 Å². The molecule has 0 aromatic heterocycles. The first kappa shape index (κ1) is 15.5. The highest BCUT2D eigenvalue weighted by molar-refractivity contribution is 6.07. The summed E-state index contributed by atoms with van der Waals surface area (Å²) in [6.07, 6.45) is 0. The minimum absolute atomic E-state index is 0.247. The molecule has 2 bridgehead atoms. The maximum atomic E-state index is 12.4. The number of likely N-dealkylation sites (tertiary alicyclic amines) is 1. The second-order valence-electron chi connectivity index (χ2n) is 7.01. The second kappa shape index (κ2) is 4.54. The summed E-state index contributed by atoms with van der Waals surface area (Å²) in [6.45, 7) is 8.55. The summed E-state index contributed by atoms with van der Waals surface area (Å²) in [6, 6.07) is 4.23. The van der Waals surface area contributed by atoms with E-state index < -0.39 is 28.1 Å². The maximum Gasteiger partial charge on any atom is 0.249 e. The Bertz CT molecular complexity index is 539. The number of hydrogen-bond acceptors (Lipinski definition) is 5. The highest BCUT2D eigenvalue weighted by Gasteiger charge is 2.72. The van der Waals surface area contributed by atoms with Gasteiger partial charge in [0.05, 0.1) is 12.1 Å². The third-order valence-corrected chi connectivity index (χ3v) is 5.06. The largest absolute Gasteiger partial charge is 0.299 e. The number of rotatable bonds is 2. The number of nitrogens with zero attached hydrogens (tertiary/aromatic N) is 3. The van der Waals surface area contributed by atoms with E-state index in [-0.39, 0.29) is 13.1 Å². The van der Waals surface area contributed by atoms with Crippen molar-refractivity contribution in [3.8, 4) is 12.1 Å². The molecule has 112 valence electrons. The lowest BCUT2D eigenvalue weighted by atomic mass is 9.48. The van der Waals surface area contributed by atoms with Gasteiger partial charge in [0.25, 0.3) is 0 Å². The average molecular weight is 288 g/mol. The lowest BCUT2D eigenvalue weighted by molar-refractivity contribution is -0.174. The van der Waals surface area contributed by atoms with Crippen LogP contribution in [-0.4, -0.2) is 36.3 Å². The fourth-order valence-electron chi connectivity index (χ4n) is 3.61. The Balaban J connectivity index is 2.62. The molecule has 1 N–H and O–H groups in total. The average Bonchev–Trinajstić information content (AvgIpc) is 2.37.